The lowest BCUT2D eigenvalue weighted by molar-refractivity contribution is -0.225. The average Bonchev–Trinajstić information content (AvgIpc) is 2.81. The SMILES string of the molecule is O=C1NC[C@H]2O[C@@H]1[C@@H]1OC3(CCCCC3)O[C@@H]12. The fourth-order valence-corrected chi connectivity index (χ4v) is 3.53. The number of carbonyl (C=O) groups is 1. The van der Waals surface area contributed by atoms with Crippen molar-refractivity contribution in [3.05, 3.63) is 0 Å². The van der Waals surface area contributed by atoms with Crippen molar-refractivity contribution in [1.29, 1.82) is 0 Å². The zero-order chi connectivity index (χ0) is 11.5. The summed E-state index contributed by atoms with van der Waals surface area (Å²) in [7, 11) is 0. The summed E-state index contributed by atoms with van der Waals surface area (Å²) in [5, 5.41) is 2.84. The van der Waals surface area contributed by atoms with Gasteiger partial charge in [0.05, 0.1) is 0 Å². The number of amides is 1. The van der Waals surface area contributed by atoms with Gasteiger partial charge in [-0.05, 0) is 12.8 Å². The molecule has 2 bridgehead atoms. The van der Waals surface area contributed by atoms with Crippen LogP contribution in [-0.2, 0) is 19.0 Å². The Kier molecular flexibility index (Phi) is 2.08. The van der Waals surface area contributed by atoms with Crippen molar-refractivity contribution in [3.8, 4) is 0 Å². The van der Waals surface area contributed by atoms with Gasteiger partial charge in [-0.15, -0.1) is 0 Å². The molecule has 0 aromatic rings. The summed E-state index contributed by atoms with van der Waals surface area (Å²) >= 11 is 0. The first-order valence-electron chi connectivity index (χ1n) is 6.56. The van der Waals surface area contributed by atoms with Gasteiger partial charge in [-0.25, -0.2) is 0 Å². The summed E-state index contributed by atoms with van der Waals surface area (Å²) < 4.78 is 17.9. The number of morpholine rings is 1. The molecule has 94 valence electrons. The zero-order valence-electron chi connectivity index (χ0n) is 9.69. The van der Waals surface area contributed by atoms with Gasteiger partial charge in [0, 0.05) is 19.4 Å². The van der Waals surface area contributed by atoms with E-state index in [4.69, 9.17) is 14.2 Å². The molecular formula is C12H17NO4. The normalized spacial score (nSPS) is 46.9. The maximum Gasteiger partial charge on any atom is 0.252 e. The molecule has 4 atom stereocenters. The number of rotatable bonds is 0. The van der Waals surface area contributed by atoms with Crippen LogP contribution in [0.4, 0.5) is 0 Å². The zero-order valence-corrected chi connectivity index (χ0v) is 9.69. The topological polar surface area (TPSA) is 56.8 Å². The third-order valence-corrected chi connectivity index (χ3v) is 4.36. The quantitative estimate of drug-likeness (QED) is 0.662. The Bertz CT molecular complexity index is 352. The van der Waals surface area contributed by atoms with Gasteiger partial charge < -0.3 is 19.5 Å². The lowest BCUT2D eigenvalue weighted by Gasteiger charge is -2.35. The second-order valence-corrected chi connectivity index (χ2v) is 5.48. The number of fused-ring (bicyclic) bond motifs is 5. The highest BCUT2D eigenvalue weighted by molar-refractivity contribution is 5.83. The molecule has 3 heterocycles. The molecule has 0 radical (unpaired) electrons. The fourth-order valence-electron chi connectivity index (χ4n) is 3.53. The van der Waals surface area contributed by atoms with Gasteiger partial charge in [0.2, 0.25) is 0 Å². The van der Waals surface area contributed by atoms with E-state index in [0.717, 1.165) is 25.7 Å². The predicted octanol–water partition coefficient (Wildman–Crippen LogP) is 0.328. The van der Waals surface area contributed by atoms with Crippen molar-refractivity contribution in [3.63, 3.8) is 0 Å². The second-order valence-electron chi connectivity index (χ2n) is 5.48. The van der Waals surface area contributed by atoms with E-state index < -0.39 is 11.9 Å². The van der Waals surface area contributed by atoms with Crippen LogP contribution in [0.2, 0.25) is 0 Å². The Hall–Kier alpha value is -0.650. The van der Waals surface area contributed by atoms with Gasteiger partial charge >= 0.3 is 0 Å². The van der Waals surface area contributed by atoms with Crippen molar-refractivity contribution in [2.45, 2.75) is 62.3 Å². The molecule has 5 heteroatoms. The maximum absolute atomic E-state index is 11.7. The Morgan fingerprint density at radius 2 is 1.88 bits per heavy atom. The van der Waals surface area contributed by atoms with Crippen LogP contribution >= 0.6 is 0 Å². The molecule has 1 N–H and O–H groups in total. The molecule has 4 aliphatic rings. The Labute approximate surface area is 99.8 Å². The number of hydrogen-bond donors (Lipinski definition) is 1. The molecule has 0 unspecified atom stereocenters. The standard InChI is InChI=1S/C12H17NO4/c14-11-10-9-8(7(15-10)6-13-11)16-12(17-9)4-2-1-3-5-12/h7-10H,1-6H2,(H,13,14)/t7-,8-,9-,10-/m1/s1. The van der Waals surface area contributed by atoms with Gasteiger partial charge in [-0.3, -0.25) is 4.79 Å². The summed E-state index contributed by atoms with van der Waals surface area (Å²) in [5.74, 6) is -0.462. The molecule has 1 aliphatic carbocycles. The number of hydrogen-bond acceptors (Lipinski definition) is 4. The number of nitrogens with one attached hydrogen (secondary N) is 1. The van der Waals surface area contributed by atoms with E-state index in [1.165, 1.54) is 6.42 Å². The summed E-state index contributed by atoms with van der Waals surface area (Å²) in [6.07, 6.45) is 4.75. The van der Waals surface area contributed by atoms with Crippen LogP contribution < -0.4 is 5.32 Å². The first-order chi connectivity index (χ1) is 8.27. The third-order valence-electron chi connectivity index (χ3n) is 4.36. The monoisotopic (exact) mass is 239 g/mol. The third kappa shape index (κ3) is 1.39. The molecule has 0 aromatic carbocycles. The largest absolute Gasteiger partial charge is 0.358 e. The molecule has 3 saturated heterocycles. The Morgan fingerprint density at radius 1 is 1.12 bits per heavy atom. The van der Waals surface area contributed by atoms with Gasteiger partial charge in [-0.1, -0.05) is 6.42 Å². The number of carbonyl (C=O) groups excluding carboxylic acids is 1. The molecule has 0 aromatic heterocycles. The molecule has 3 aliphatic heterocycles. The van der Waals surface area contributed by atoms with Crippen molar-refractivity contribution in [1.82, 2.24) is 5.32 Å². The summed E-state index contributed by atoms with van der Waals surface area (Å²) in [4.78, 5) is 11.7. The minimum Gasteiger partial charge on any atom is -0.358 e. The van der Waals surface area contributed by atoms with E-state index >= 15 is 0 Å². The second kappa shape index (κ2) is 3.43. The van der Waals surface area contributed by atoms with Gasteiger partial charge in [0.25, 0.3) is 5.91 Å². The minimum atomic E-state index is -0.458. The van der Waals surface area contributed by atoms with E-state index in [1.807, 2.05) is 0 Å². The fraction of sp³-hybridized carbons (Fsp3) is 0.917. The molecule has 1 amide bonds. The lowest BCUT2D eigenvalue weighted by Crippen LogP contribution is -2.49. The molecular weight excluding hydrogens is 222 g/mol. The predicted molar refractivity (Wildman–Crippen MR) is 57.2 cm³/mol. The first-order valence-corrected chi connectivity index (χ1v) is 6.56. The molecule has 4 rings (SSSR count). The highest BCUT2D eigenvalue weighted by Crippen LogP contribution is 2.46. The molecule has 1 saturated carbocycles. The molecule has 5 nitrogen and oxygen atoms in total. The van der Waals surface area contributed by atoms with E-state index in [2.05, 4.69) is 5.32 Å². The maximum atomic E-state index is 11.7. The van der Waals surface area contributed by atoms with E-state index in [0.29, 0.717) is 6.54 Å². The van der Waals surface area contributed by atoms with E-state index in [-0.39, 0.29) is 24.2 Å². The highest BCUT2D eigenvalue weighted by atomic mass is 16.8. The van der Waals surface area contributed by atoms with Crippen LogP contribution in [0, 0.1) is 0 Å². The van der Waals surface area contributed by atoms with Crippen molar-refractivity contribution < 1.29 is 19.0 Å². The Morgan fingerprint density at radius 3 is 2.71 bits per heavy atom. The minimum absolute atomic E-state index is 0.0241. The van der Waals surface area contributed by atoms with Gasteiger partial charge in [-0.2, -0.15) is 0 Å². The van der Waals surface area contributed by atoms with Crippen molar-refractivity contribution >= 4 is 5.91 Å². The van der Waals surface area contributed by atoms with Crippen LogP contribution in [0.5, 0.6) is 0 Å². The summed E-state index contributed by atoms with van der Waals surface area (Å²) in [6, 6.07) is 0. The molecule has 17 heavy (non-hydrogen) atoms. The van der Waals surface area contributed by atoms with Crippen molar-refractivity contribution in [2.75, 3.05) is 6.54 Å². The van der Waals surface area contributed by atoms with Crippen LogP contribution in [0.15, 0.2) is 0 Å². The van der Waals surface area contributed by atoms with Gasteiger partial charge in [0.15, 0.2) is 11.9 Å². The van der Waals surface area contributed by atoms with E-state index in [9.17, 15) is 4.79 Å². The number of ether oxygens (including phenoxy) is 3. The van der Waals surface area contributed by atoms with Crippen LogP contribution in [0.3, 0.4) is 0 Å². The first kappa shape index (κ1) is 10.3. The highest BCUT2D eigenvalue weighted by Gasteiger charge is 2.61. The Balaban J connectivity index is 1.60. The molecule has 4 fully saturated rings. The van der Waals surface area contributed by atoms with Crippen LogP contribution in [-0.4, -0.2) is 42.7 Å². The van der Waals surface area contributed by atoms with E-state index in [1.54, 1.807) is 0 Å². The lowest BCUT2D eigenvalue weighted by atomic mass is 9.94. The molecule has 1 spiro atoms. The van der Waals surface area contributed by atoms with Gasteiger partial charge in [0.1, 0.15) is 18.3 Å². The summed E-state index contributed by atoms with van der Waals surface area (Å²) in [5.41, 5.74) is 0. The average molecular weight is 239 g/mol. The van der Waals surface area contributed by atoms with Crippen molar-refractivity contribution in [2.24, 2.45) is 0 Å². The van der Waals surface area contributed by atoms with Crippen LogP contribution in [0.1, 0.15) is 32.1 Å². The summed E-state index contributed by atoms with van der Waals surface area (Å²) in [6.45, 7) is 0.552. The smallest absolute Gasteiger partial charge is 0.252 e. The van der Waals surface area contributed by atoms with Crippen LogP contribution in [0.25, 0.3) is 0 Å².